The predicted octanol–water partition coefficient (Wildman–Crippen LogP) is 5.32. The van der Waals surface area contributed by atoms with Crippen molar-refractivity contribution in [1.29, 1.82) is 0 Å². The first kappa shape index (κ1) is 24.4. The molecule has 1 aliphatic rings. The van der Waals surface area contributed by atoms with Crippen molar-refractivity contribution < 1.29 is 37.3 Å². The normalized spacial score (nSPS) is 14.0. The zero-order valence-electron chi connectivity index (χ0n) is 18.8. The predicted molar refractivity (Wildman–Crippen MR) is 115 cm³/mol. The minimum atomic E-state index is -4.85. The number of anilines is 1. The summed E-state index contributed by atoms with van der Waals surface area (Å²) in [6.45, 7) is 4.42. The quantitative estimate of drug-likeness (QED) is 0.585. The van der Waals surface area contributed by atoms with Gasteiger partial charge in [-0.3, -0.25) is 4.79 Å². The van der Waals surface area contributed by atoms with Gasteiger partial charge < -0.3 is 19.5 Å². The van der Waals surface area contributed by atoms with Gasteiger partial charge >= 0.3 is 12.1 Å². The van der Waals surface area contributed by atoms with Crippen molar-refractivity contribution >= 4 is 17.6 Å². The molecule has 0 spiro atoms. The lowest BCUT2D eigenvalue weighted by Gasteiger charge is -2.22. The summed E-state index contributed by atoms with van der Waals surface area (Å²) in [6, 6.07) is 8.39. The van der Waals surface area contributed by atoms with Crippen LogP contribution in [0.2, 0.25) is 0 Å². The van der Waals surface area contributed by atoms with Crippen LogP contribution >= 0.6 is 0 Å². The molecule has 9 heteroatoms. The van der Waals surface area contributed by atoms with Crippen LogP contribution in [-0.4, -0.2) is 29.6 Å². The van der Waals surface area contributed by atoms with Crippen molar-refractivity contribution in [2.75, 3.05) is 11.9 Å². The number of esters is 1. The molecule has 0 aliphatic heterocycles. The number of alkyl halides is 3. The number of phenols is 1. The number of amides is 1. The van der Waals surface area contributed by atoms with E-state index in [2.05, 4.69) is 0 Å². The molecule has 0 bridgehead atoms. The highest BCUT2D eigenvalue weighted by molar-refractivity contribution is 5.96. The number of ether oxygens (including phenoxy) is 2. The van der Waals surface area contributed by atoms with Gasteiger partial charge in [-0.2, -0.15) is 13.2 Å². The van der Waals surface area contributed by atoms with E-state index in [9.17, 15) is 27.9 Å². The number of carbonyl (C=O) groups excluding carboxylic acids is 2. The highest BCUT2D eigenvalue weighted by Crippen LogP contribution is 2.39. The van der Waals surface area contributed by atoms with Gasteiger partial charge in [0.2, 0.25) is 5.91 Å². The highest BCUT2D eigenvalue weighted by Gasteiger charge is 2.37. The Morgan fingerprint density at radius 2 is 1.67 bits per heavy atom. The summed E-state index contributed by atoms with van der Waals surface area (Å²) >= 11 is 0. The maximum Gasteiger partial charge on any atom is 0.419 e. The number of hydrogen-bond acceptors (Lipinski definition) is 5. The van der Waals surface area contributed by atoms with Gasteiger partial charge in [-0.15, -0.1) is 0 Å². The van der Waals surface area contributed by atoms with E-state index in [0.717, 1.165) is 18.9 Å². The van der Waals surface area contributed by atoms with Crippen molar-refractivity contribution in [3.63, 3.8) is 0 Å². The molecule has 0 aromatic heterocycles. The van der Waals surface area contributed by atoms with Gasteiger partial charge in [-0.1, -0.05) is 6.07 Å². The highest BCUT2D eigenvalue weighted by atomic mass is 19.4. The Balaban J connectivity index is 1.81. The summed E-state index contributed by atoms with van der Waals surface area (Å²) in [6.07, 6.45) is -3.06. The molecule has 1 fully saturated rings. The third-order valence-electron chi connectivity index (χ3n) is 5.05. The zero-order valence-corrected chi connectivity index (χ0v) is 18.8. The lowest BCUT2D eigenvalue weighted by molar-refractivity contribution is -0.138. The third kappa shape index (κ3) is 5.97. The second-order valence-corrected chi connectivity index (χ2v) is 8.95. The SMILES string of the molecule is CN(C(=O)C1CC1)c1ccc(OCc2ccc(C(F)(F)F)c(O)c2C(=O)OC(C)(C)C)cc1. The van der Waals surface area contributed by atoms with Crippen molar-refractivity contribution in [1.82, 2.24) is 0 Å². The Labute approximate surface area is 189 Å². The van der Waals surface area contributed by atoms with Crippen molar-refractivity contribution in [2.24, 2.45) is 5.92 Å². The second kappa shape index (κ2) is 8.96. The lowest BCUT2D eigenvalue weighted by atomic mass is 10.0. The third-order valence-corrected chi connectivity index (χ3v) is 5.05. The number of phenolic OH excluding ortho intramolecular Hbond substituents is 1. The first-order chi connectivity index (χ1) is 15.3. The molecule has 3 rings (SSSR count). The van der Waals surface area contributed by atoms with Crippen LogP contribution in [0.1, 0.15) is 55.1 Å². The Morgan fingerprint density at radius 3 is 2.18 bits per heavy atom. The molecule has 1 saturated carbocycles. The van der Waals surface area contributed by atoms with Crippen LogP contribution in [-0.2, 0) is 22.3 Å². The van der Waals surface area contributed by atoms with E-state index < -0.39 is 34.6 Å². The monoisotopic (exact) mass is 465 g/mol. The molecule has 1 amide bonds. The number of benzene rings is 2. The molecule has 6 nitrogen and oxygen atoms in total. The molecular weight excluding hydrogens is 439 g/mol. The van der Waals surface area contributed by atoms with Gasteiger partial charge in [0.15, 0.2) is 0 Å². The number of carbonyl (C=O) groups is 2. The number of rotatable bonds is 6. The average molecular weight is 465 g/mol. The Hall–Kier alpha value is -3.23. The summed E-state index contributed by atoms with van der Waals surface area (Å²) in [5.74, 6) is -1.79. The van der Waals surface area contributed by atoms with Gasteiger partial charge in [0, 0.05) is 24.2 Å². The smallest absolute Gasteiger partial charge is 0.419 e. The minimum Gasteiger partial charge on any atom is -0.506 e. The lowest BCUT2D eigenvalue weighted by Crippen LogP contribution is -2.27. The summed E-state index contributed by atoms with van der Waals surface area (Å²) in [7, 11) is 1.69. The fraction of sp³-hybridized carbons (Fsp3) is 0.417. The standard InChI is InChI=1S/C24H26F3NO5/c1-23(2,3)33-22(31)19-15(7-12-18(20(19)29)24(25,26)27)13-32-17-10-8-16(9-11-17)28(4)21(30)14-5-6-14/h7-12,14,29H,5-6,13H2,1-4H3. The van der Waals surface area contributed by atoms with E-state index in [1.807, 2.05) is 0 Å². The fourth-order valence-electron chi connectivity index (χ4n) is 3.20. The molecule has 0 unspecified atom stereocenters. The molecule has 1 N–H and O–H groups in total. The molecule has 2 aromatic carbocycles. The van der Waals surface area contributed by atoms with Crippen molar-refractivity contribution in [3.05, 3.63) is 53.1 Å². The summed E-state index contributed by atoms with van der Waals surface area (Å²) in [5, 5.41) is 10.3. The van der Waals surface area contributed by atoms with Crippen LogP contribution in [0.3, 0.4) is 0 Å². The average Bonchev–Trinajstić information content (AvgIpc) is 3.54. The van der Waals surface area contributed by atoms with Crippen LogP contribution in [0.25, 0.3) is 0 Å². The van der Waals surface area contributed by atoms with Crippen LogP contribution in [0.15, 0.2) is 36.4 Å². The van der Waals surface area contributed by atoms with Gasteiger partial charge in [-0.05, 0) is 63.9 Å². The second-order valence-electron chi connectivity index (χ2n) is 8.95. The summed E-state index contributed by atoms with van der Waals surface area (Å²) < 4.78 is 50.6. The summed E-state index contributed by atoms with van der Waals surface area (Å²) in [4.78, 5) is 26.3. The maximum absolute atomic E-state index is 13.3. The van der Waals surface area contributed by atoms with Crippen LogP contribution in [0.4, 0.5) is 18.9 Å². The Kier molecular flexibility index (Phi) is 6.63. The number of aromatic hydroxyl groups is 1. The molecule has 178 valence electrons. The number of hydrogen-bond donors (Lipinski definition) is 1. The number of nitrogens with zero attached hydrogens (tertiary/aromatic N) is 1. The molecule has 1 aliphatic carbocycles. The van der Waals surface area contributed by atoms with E-state index in [4.69, 9.17) is 9.47 Å². The van der Waals surface area contributed by atoms with Gasteiger partial charge in [-0.25, -0.2) is 4.79 Å². The topological polar surface area (TPSA) is 76.1 Å². The fourth-order valence-corrected chi connectivity index (χ4v) is 3.20. The zero-order chi connectivity index (χ0) is 24.6. The molecule has 0 heterocycles. The molecule has 0 atom stereocenters. The van der Waals surface area contributed by atoms with Gasteiger partial charge in [0.25, 0.3) is 0 Å². The van der Waals surface area contributed by atoms with Gasteiger partial charge in [0.05, 0.1) is 5.56 Å². The number of halogens is 3. The van der Waals surface area contributed by atoms with E-state index in [0.29, 0.717) is 17.5 Å². The van der Waals surface area contributed by atoms with Crippen molar-refractivity contribution in [2.45, 2.75) is 52.0 Å². The first-order valence-corrected chi connectivity index (χ1v) is 10.4. The van der Waals surface area contributed by atoms with Crippen LogP contribution in [0, 0.1) is 5.92 Å². The largest absolute Gasteiger partial charge is 0.506 e. The van der Waals surface area contributed by atoms with E-state index in [-0.39, 0.29) is 24.0 Å². The van der Waals surface area contributed by atoms with Gasteiger partial charge in [0.1, 0.15) is 29.3 Å². The van der Waals surface area contributed by atoms with Crippen LogP contribution in [0.5, 0.6) is 11.5 Å². The molecule has 2 aromatic rings. The molecule has 0 radical (unpaired) electrons. The first-order valence-electron chi connectivity index (χ1n) is 10.4. The molecule has 0 saturated heterocycles. The van der Waals surface area contributed by atoms with Crippen LogP contribution < -0.4 is 9.64 Å². The molecular formula is C24H26F3NO5. The minimum absolute atomic E-state index is 0.0415. The van der Waals surface area contributed by atoms with E-state index >= 15 is 0 Å². The van der Waals surface area contributed by atoms with Crippen molar-refractivity contribution in [3.8, 4) is 11.5 Å². The van der Waals surface area contributed by atoms with E-state index in [1.165, 1.54) is 0 Å². The van der Waals surface area contributed by atoms with E-state index in [1.54, 1.807) is 57.0 Å². The maximum atomic E-state index is 13.3. The Bertz CT molecular complexity index is 1040. The molecule has 33 heavy (non-hydrogen) atoms. The summed E-state index contributed by atoms with van der Waals surface area (Å²) in [5.41, 5.74) is -2.18. The Morgan fingerprint density at radius 1 is 1.06 bits per heavy atom.